The van der Waals surface area contributed by atoms with Crippen molar-refractivity contribution in [3.05, 3.63) is 84.4 Å². The molecule has 108 valence electrons. The number of methoxy groups -OCH3 is 1. The fourth-order valence-electron chi connectivity index (χ4n) is 2.16. The van der Waals surface area contributed by atoms with Gasteiger partial charge in [-0.05, 0) is 12.1 Å². The normalized spacial score (nSPS) is 11.2. The first-order valence-electron chi connectivity index (χ1n) is 6.91. The van der Waals surface area contributed by atoms with E-state index in [0.29, 0.717) is 0 Å². The maximum absolute atomic E-state index is 5.38. The Morgan fingerprint density at radius 2 is 1.55 bits per heavy atom. The summed E-state index contributed by atoms with van der Waals surface area (Å²) in [5.74, 6) is 0.729. The molecule has 0 aliphatic carbocycles. The molecule has 0 fully saturated rings. The molecular formula is C18H15N3O. The van der Waals surface area contributed by atoms with Crippen LogP contribution >= 0.6 is 0 Å². The SMILES string of the molecule is COc1ccccc1N=C(c1ccccc1)c1cncnc1. The number of hydrogen-bond acceptors (Lipinski definition) is 4. The standard InChI is InChI=1S/C18H15N3O/c1-22-17-10-6-5-9-16(17)21-18(14-7-3-2-4-8-14)15-11-19-13-20-12-15/h2-13H,1H3. The number of para-hydroxylation sites is 2. The lowest BCUT2D eigenvalue weighted by Crippen LogP contribution is -2.04. The largest absolute Gasteiger partial charge is 0.494 e. The second-order valence-corrected chi connectivity index (χ2v) is 4.63. The van der Waals surface area contributed by atoms with Crippen molar-refractivity contribution < 1.29 is 4.74 Å². The molecule has 0 spiro atoms. The summed E-state index contributed by atoms with van der Waals surface area (Å²) in [5.41, 5.74) is 3.45. The monoisotopic (exact) mass is 289 g/mol. The van der Waals surface area contributed by atoms with E-state index in [1.807, 2.05) is 54.6 Å². The van der Waals surface area contributed by atoms with Crippen molar-refractivity contribution in [2.45, 2.75) is 0 Å². The molecule has 0 radical (unpaired) electrons. The summed E-state index contributed by atoms with van der Waals surface area (Å²) in [6, 6.07) is 17.6. The summed E-state index contributed by atoms with van der Waals surface area (Å²) in [5, 5.41) is 0. The van der Waals surface area contributed by atoms with E-state index >= 15 is 0 Å². The van der Waals surface area contributed by atoms with E-state index in [2.05, 4.69) is 9.97 Å². The van der Waals surface area contributed by atoms with Gasteiger partial charge in [0.25, 0.3) is 0 Å². The maximum atomic E-state index is 5.38. The molecule has 0 saturated heterocycles. The third-order valence-corrected chi connectivity index (χ3v) is 3.20. The van der Waals surface area contributed by atoms with Gasteiger partial charge in [-0.25, -0.2) is 15.0 Å². The van der Waals surface area contributed by atoms with Crippen LogP contribution in [0.1, 0.15) is 11.1 Å². The van der Waals surface area contributed by atoms with E-state index in [-0.39, 0.29) is 0 Å². The summed E-state index contributed by atoms with van der Waals surface area (Å²) >= 11 is 0. The first kappa shape index (κ1) is 13.9. The van der Waals surface area contributed by atoms with Crippen molar-refractivity contribution in [3.63, 3.8) is 0 Å². The smallest absolute Gasteiger partial charge is 0.144 e. The number of rotatable bonds is 4. The second kappa shape index (κ2) is 6.63. The molecule has 0 bridgehead atoms. The molecule has 4 nitrogen and oxygen atoms in total. The molecule has 0 aliphatic heterocycles. The van der Waals surface area contributed by atoms with Gasteiger partial charge >= 0.3 is 0 Å². The minimum Gasteiger partial charge on any atom is -0.494 e. The third kappa shape index (κ3) is 3.01. The summed E-state index contributed by atoms with van der Waals surface area (Å²) in [6.45, 7) is 0. The minimum absolute atomic E-state index is 0.729. The lowest BCUT2D eigenvalue weighted by atomic mass is 10.0. The van der Waals surface area contributed by atoms with E-state index in [1.54, 1.807) is 19.5 Å². The molecule has 2 aromatic carbocycles. The number of aromatic nitrogens is 2. The summed E-state index contributed by atoms with van der Waals surface area (Å²) < 4.78 is 5.38. The van der Waals surface area contributed by atoms with Crippen LogP contribution in [0, 0.1) is 0 Å². The van der Waals surface area contributed by atoms with Crippen LogP contribution in [0.4, 0.5) is 5.69 Å². The lowest BCUT2D eigenvalue weighted by Gasteiger charge is -2.09. The lowest BCUT2D eigenvalue weighted by molar-refractivity contribution is 0.416. The highest BCUT2D eigenvalue weighted by atomic mass is 16.5. The van der Waals surface area contributed by atoms with Crippen molar-refractivity contribution in [1.82, 2.24) is 9.97 Å². The quantitative estimate of drug-likeness (QED) is 0.689. The Morgan fingerprint density at radius 1 is 0.864 bits per heavy atom. The van der Waals surface area contributed by atoms with E-state index in [1.165, 1.54) is 6.33 Å². The molecule has 0 saturated carbocycles. The first-order chi connectivity index (χ1) is 10.9. The molecule has 4 heteroatoms. The predicted octanol–water partition coefficient (Wildman–Crippen LogP) is 3.65. The van der Waals surface area contributed by atoms with Crippen LogP contribution in [0.3, 0.4) is 0 Å². The Bertz CT molecular complexity index is 729. The van der Waals surface area contributed by atoms with E-state index < -0.39 is 0 Å². The number of nitrogens with zero attached hydrogens (tertiary/aromatic N) is 3. The van der Waals surface area contributed by atoms with Crippen LogP contribution in [0.15, 0.2) is 78.3 Å². The van der Waals surface area contributed by atoms with Crippen LogP contribution in [0.2, 0.25) is 0 Å². The van der Waals surface area contributed by atoms with Gasteiger partial charge in [-0.1, -0.05) is 42.5 Å². The van der Waals surface area contributed by atoms with Gasteiger partial charge in [-0.2, -0.15) is 0 Å². The van der Waals surface area contributed by atoms with Crippen molar-refractivity contribution >= 4 is 11.4 Å². The molecule has 1 aromatic heterocycles. The zero-order valence-corrected chi connectivity index (χ0v) is 12.2. The molecular weight excluding hydrogens is 274 g/mol. The van der Waals surface area contributed by atoms with Gasteiger partial charge in [0.2, 0.25) is 0 Å². The molecule has 3 aromatic rings. The number of ether oxygens (including phenoxy) is 1. The van der Waals surface area contributed by atoms with Crippen molar-refractivity contribution in [2.75, 3.05) is 7.11 Å². The molecule has 0 unspecified atom stereocenters. The topological polar surface area (TPSA) is 47.4 Å². The number of aliphatic imine (C=N–C) groups is 1. The van der Waals surface area contributed by atoms with E-state index in [0.717, 1.165) is 28.3 Å². The Balaban J connectivity index is 2.16. The fourth-order valence-corrected chi connectivity index (χ4v) is 2.16. The maximum Gasteiger partial charge on any atom is 0.144 e. The van der Waals surface area contributed by atoms with Crippen LogP contribution in [-0.4, -0.2) is 22.8 Å². The Kier molecular flexibility index (Phi) is 4.20. The van der Waals surface area contributed by atoms with Gasteiger partial charge in [0.05, 0.1) is 12.8 Å². The number of hydrogen-bond donors (Lipinski definition) is 0. The Hall–Kier alpha value is -3.01. The van der Waals surface area contributed by atoms with Gasteiger partial charge in [0, 0.05) is 23.5 Å². The molecule has 1 heterocycles. The summed E-state index contributed by atoms with van der Waals surface area (Å²) in [7, 11) is 1.64. The zero-order valence-electron chi connectivity index (χ0n) is 12.2. The average Bonchev–Trinajstić information content (AvgIpc) is 2.61. The van der Waals surface area contributed by atoms with Crippen molar-refractivity contribution in [2.24, 2.45) is 4.99 Å². The first-order valence-corrected chi connectivity index (χ1v) is 6.91. The molecule has 22 heavy (non-hydrogen) atoms. The van der Waals surface area contributed by atoms with Crippen LogP contribution in [-0.2, 0) is 0 Å². The highest BCUT2D eigenvalue weighted by Crippen LogP contribution is 2.28. The minimum atomic E-state index is 0.729. The van der Waals surface area contributed by atoms with E-state index in [4.69, 9.17) is 9.73 Å². The van der Waals surface area contributed by atoms with E-state index in [9.17, 15) is 0 Å². The summed E-state index contributed by atoms with van der Waals surface area (Å²) in [6.07, 6.45) is 5.03. The molecule has 3 rings (SSSR count). The average molecular weight is 289 g/mol. The second-order valence-electron chi connectivity index (χ2n) is 4.63. The molecule has 0 aliphatic rings. The Morgan fingerprint density at radius 3 is 2.27 bits per heavy atom. The van der Waals surface area contributed by atoms with Crippen LogP contribution in [0.5, 0.6) is 5.75 Å². The van der Waals surface area contributed by atoms with Gasteiger partial charge in [0.1, 0.15) is 17.8 Å². The van der Waals surface area contributed by atoms with Crippen molar-refractivity contribution in [3.8, 4) is 5.75 Å². The van der Waals surface area contributed by atoms with Gasteiger partial charge in [0.15, 0.2) is 0 Å². The predicted molar refractivity (Wildman–Crippen MR) is 86.8 cm³/mol. The number of benzene rings is 2. The van der Waals surface area contributed by atoms with Crippen molar-refractivity contribution in [1.29, 1.82) is 0 Å². The Labute approximate surface area is 129 Å². The fraction of sp³-hybridized carbons (Fsp3) is 0.0556. The van der Waals surface area contributed by atoms with Gasteiger partial charge in [-0.3, -0.25) is 0 Å². The zero-order chi connectivity index (χ0) is 15.2. The highest BCUT2D eigenvalue weighted by molar-refractivity contribution is 6.13. The van der Waals surface area contributed by atoms with Crippen LogP contribution < -0.4 is 4.74 Å². The molecule has 0 atom stereocenters. The summed E-state index contributed by atoms with van der Waals surface area (Å²) in [4.78, 5) is 13.0. The highest BCUT2D eigenvalue weighted by Gasteiger charge is 2.09. The van der Waals surface area contributed by atoms with Gasteiger partial charge in [-0.15, -0.1) is 0 Å². The van der Waals surface area contributed by atoms with Gasteiger partial charge < -0.3 is 4.74 Å². The molecule has 0 N–H and O–H groups in total. The van der Waals surface area contributed by atoms with Crippen LogP contribution in [0.25, 0.3) is 0 Å². The molecule has 0 amide bonds. The third-order valence-electron chi connectivity index (χ3n) is 3.20.